The van der Waals surface area contributed by atoms with Gasteiger partial charge in [0.25, 0.3) is 0 Å². The molecule has 0 fully saturated rings. The van der Waals surface area contributed by atoms with Gasteiger partial charge < -0.3 is 14.8 Å². The lowest BCUT2D eigenvalue weighted by Crippen LogP contribution is -2.32. The van der Waals surface area contributed by atoms with Crippen LogP contribution in [0.25, 0.3) is 10.9 Å². The molecule has 2 N–H and O–H groups in total. The van der Waals surface area contributed by atoms with Gasteiger partial charge in [-0.15, -0.1) is 11.3 Å². The molecule has 116 valence electrons. The molecule has 0 saturated carbocycles. The third-order valence-electron chi connectivity index (χ3n) is 3.51. The van der Waals surface area contributed by atoms with E-state index in [1.807, 2.05) is 43.6 Å². The maximum absolute atomic E-state index is 10.2. The minimum absolute atomic E-state index is 0.291. The van der Waals surface area contributed by atoms with E-state index in [9.17, 15) is 5.11 Å². The van der Waals surface area contributed by atoms with Gasteiger partial charge in [-0.1, -0.05) is 12.1 Å². The first-order chi connectivity index (χ1) is 10.7. The molecule has 0 aliphatic carbocycles. The Labute approximate surface area is 134 Å². The first-order valence-corrected chi connectivity index (χ1v) is 8.18. The molecule has 4 nitrogen and oxygen atoms in total. The molecule has 22 heavy (non-hydrogen) atoms. The zero-order valence-electron chi connectivity index (χ0n) is 12.5. The zero-order chi connectivity index (χ0) is 15.4. The van der Waals surface area contributed by atoms with Gasteiger partial charge in [0.15, 0.2) is 0 Å². The van der Waals surface area contributed by atoms with Crippen molar-refractivity contribution in [2.24, 2.45) is 0 Å². The van der Waals surface area contributed by atoms with Gasteiger partial charge in [0, 0.05) is 35.1 Å². The van der Waals surface area contributed by atoms with Crippen LogP contribution in [0.15, 0.2) is 48.0 Å². The van der Waals surface area contributed by atoms with E-state index in [0.717, 1.165) is 23.2 Å². The number of thiophene rings is 1. The molecule has 1 aromatic carbocycles. The zero-order valence-corrected chi connectivity index (χ0v) is 13.3. The molecule has 0 aliphatic heterocycles. The summed E-state index contributed by atoms with van der Waals surface area (Å²) in [5.41, 5.74) is 1.04. The van der Waals surface area contributed by atoms with Crippen LogP contribution in [-0.4, -0.2) is 41.3 Å². The number of aromatic nitrogens is 1. The molecule has 0 unspecified atom stereocenters. The minimum Gasteiger partial charge on any atom is -0.490 e. The maximum Gasteiger partial charge on any atom is 0.128 e. The number of H-pyrrole nitrogens is 1. The van der Waals surface area contributed by atoms with Gasteiger partial charge >= 0.3 is 0 Å². The van der Waals surface area contributed by atoms with Crippen LogP contribution in [0.1, 0.15) is 4.88 Å². The Morgan fingerprint density at radius 3 is 3.00 bits per heavy atom. The fourth-order valence-electron chi connectivity index (χ4n) is 2.51. The van der Waals surface area contributed by atoms with E-state index in [4.69, 9.17) is 4.74 Å². The average Bonchev–Trinajstić information content (AvgIpc) is 3.15. The molecule has 0 bridgehead atoms. The van der Waals surface area contributed by atoms with Crippen molar-refractivity contribution in [2.75, 3.05) is 20.2 Å². The van der Waals surface area contributed by atoms with Crippen molar-refractivity contribution >= 4 is 22.2 Å². The second kappa shape index (κ2) is 6.96. The Morgan fingerprint density at radius 2 is 2.18 bits per heavy atom. The van der Waals surface area contributed by atoms with Gasteiger partial charge in [0.05, 0.1) is 0 Å². The molecule has 1 atom stereocenters. The number of benzene rings is 1. The Bertz CT molecular complexity index is 708. The summed E-state index contributed by atoms with van der Waals surface area (Å²) in [6, 6.07) is 12.0. The fraction of sp³-hybridized carbons (Fsp3) is 0.294. The largest absolute Gasteiger partial charge is 0.490 e. The summed E-state index contributed by atoms with van der Waals surface area (Å²) in [6.07, 6.45) is 1.38. The summed E-state index contributed by atoms with van der Waals surface area (Å²) >= 11 is 1.73. The lowest BCUT2D eigenvalue weighted by atomic mass is 10.2. The molecule has 3 rings (SSSR count). The third kappa shape index (κ3) is 3.68. The number of ether oxygens (including phenoxy) is 1. The highest BCUT2D eigenvalue weighted by Gasteiger charge is 2.11. The van der Waals surface area contributed by atoms with Gasteiger partial charge in [-0.2, -0.15) is 0 Å². The Kier molecular flexibility index (Phi) is 4.77. The fourth-order valence-corrected chi connectivity index (χ4v) is 3.30. The molecule has 5 heteroatoms. The summed E-state index contributed by atoms with van der Waals surface area (Å²) in [7, 11) is 2.01. The van der Waals surface area contributed by atoms with Crippen LogP contribution in [0.5, 0.6) is 5.75 Å². The van der Waals surface area contributed by atoms with Crippen LogP contribution in [-0.2, 0) is 6.54 Å². The standard InChI is InChI=1S/C17H20N2O2S/c1-19(11-14-4-3-9-22-14)10-13(20)12-21-17-6-2-5-16-15(17)7-8-18-16/h2-9,13,18,20H,10-12H2,1H3/t13-/m1/s1. The number of hydrogen-bond donors (Lipinski definition) is 2. The number of nitrogens with zero attached hydrogens (tertiary/aromatic N) is 1. The predicted octanol–water partition coefficient (Wildman–Crippen LogP) is 3.10. The van der Waals surface area contributed by atoms with Crippen molar-refractivity contribution in [3.63, 3.8) is 0 Å². The quantitative estimate of drug-likeness (QED) is 0.704. The Hall–Kier alpha value is -1.82. The monoisotopic (exact) mass is 316 g/mol. The van der Waals surface area contributed by atoms with Crippen molar-refractivity contribution in [1.29, 1.82) is 0 Å². The summed E-state index contributed by atoms with van der Waals surface area (Å²) < 4.78 is 5.78. The second-order valence-corrected chi connectivity index (χ2v) is 6.47. The molecular weight excluding hydrogens is 296 g/mol. The van der Waals surface area contributed by atoms with Gasteiger partial charge in [-0.25, -0.2) is 0 Å². The van der Waals surface area contributed by atoms with E-state index in [0.29, 0.717) is 13.2 Å². The van der Waals surface area contributed by atoms with Crippen molar-refractivity contribution < 1.29 is 9.84 Å². The highest BCUT2D eigenvalue weighted by molar-refractivity contribution is 7.09. The molecule has 0 saturated heterocycles. The average molecular weight is 316 g/mol. The number of likely N-dealkylation sites (N-methyl/N-ethyl adjacent to an activating group) is 1. The van der Waals surface area contributed by atoms with Crippen molar-refractivity contribution in [3.05, 3.63) is 52.9 Å². The van der Waals surface area contributed by atoms with Gasteiger partial charge in [0.2, 0.25) is 0 Å². The van der Waals surface area contributed by atoms with Gasteiger partial charge in [0.1, 0.15) is 18.5 Å². The molecule has 0 aliphatic rings. The third-order valence-corrected chi connectivity index (χ3v) is 4.38. The number of aliphatic hydroxyl groups is 1. The summed E-state index contributed by atoms with van der Waals surface area (Å²) in [5, 5.41) is 13.3. The number of hydrogen-bond acceptors (Lipinski definition) is 4. The number of rotatable bonds is 7. The topological polar surface area (TPSA) is 48.5 Å². The van der Waals surface area contributed by atoms with Gasteiger partial charge in [-0.05, 0) is 36.7 Å². The SMILES string of the molecule is CN(Cc1cccs1)C[C@@H](O)COc1cccc2[nH]ccc12. The van der Waals surface area contributed by atoms with Crippen molar-refractivity contribution in [2.45, 2.75) is 12.6 Å². The summed E-state index contributed by atoms with van der Waals surface area (Å²) in [4.78, 5) is 6.56. The van der Waals surface area contributed by atoms with E-state index in [1.54, 1.807) is 11.3 Å². The van der Waals surface area contributed by atoms with E-state index in [2.05, 4.69) is 21.3 Å². The second-order valence-electron chi connectivity index (χ2n) is 5.44. The van der Waals surface area contributed by atoms with Crippen LogP contribution in [0.3, 0.4) is 0 Å². The Morgan fingerprint density at radius 1 is 1.27 bits per heavy atom. The van der Waals surface area contributed by atoms with E-state index in [1.165, 1.54) is 4.88 Å². The number of aliphatic hydroxyl groups excluding tert-OH is 1. The summed E-state index contributed by atoms with van der Waals surface area (Å²) in [5.74, 6) is 0.804. The first kappa shape index (κ1) is 15.1. The number of aromatic amines is 1. The van der Waals surface area contributed by atoms with Crippen LogP contribution >= 0.6 is 11.3 Å². The molecule has 3 aromatic rings. The highest BCUT2D eigenvalue weighted by atomic mass is 32.1. The predicted molar refractivity (Wildman–Crippen MR) is 90.5 cm³/mol. The lowest BCUT2D eigenvalue weighted by molar-refractivity contribution is 0.0752. The highest BCUT2D eigenvalue weighted by Crippen LogP contribution is 2.24. The normalized spacial score (nSPS) is 12.9. The van der Waals surface area contributed by atoms with Crippen LogP contribution in [0.2, 0.25) is 0 Å². The minimum atomic E-state index is -0.515. The van der Waals surface area contributed by atoms with Gasteiger partial charge in [-0.3, -0.25) is 4.90 Å². The molecule has 2 heterocycles. The van der Waals surface area contributed by atoms with E-state index in [-0.39, 0.29) is 0 Å². The number of nitrogens with one attached hydrogen (secondary N) is 1. The van der Waals surface area contributed by atoms with Crippen molar-refractivity contribution in [1.82, 2.24) is 9.88 Å². The van der Waals surface area contributed by atoms with Crippen LogP contribution in [0.4, 0.5) is 0 Å². The molecule has 0 amide bonds. The van der Waals surface area contributed by atoms with E-state index >= 15 is 0 Å². The first-order valence-electron chi connectivity index (χ1n) is 7.30. The Balaban J connectivity index is 1.51. The molecule has 0 radical (unpaired) electrons. The van der Waals surface area contributed by atoms with Crippen LogP contribution < -0.4 is 4.74 Å². The summed E-state index contributed by atoms with van der Waals surface area (Å²) in [6.45, 7) is 1.72. The molecule has 0 spiro atoms. The number of fused-ring (bicyclic) bond motifs is 1. The van der Waals surface area contributed by atoms with Crippen LogP contribution in [0, 0.1) is 0 Å². The maximum atomic E-state index is 10.2. The van der Waals surface area contributed by atoms with E-state index < -0.39 is 6.10 Å². The smallest absolute Gasteiger partial charge is 0.128 e. The van der Waals surface area contributed by atoms with Crippen molar-refractivity contribution in [3.8, 4) is 5.75 Å². The lowest BCUT2D eigenvalue weighted by Gasteiger charge is -2.20. The molecular formula is C17H20N2O2S. The molecule has 2 aromatic heterocycles.